The van der Waals surface area contributed by atoms with Gasteiger partial charge in [0.2, 0.25) is 11.8 Å². The Balaban J connectivity index is 2.16. The topological polar surface area (TPSA) is 49.9 Å². The molecule has 1 heterocycles. The second kappa shape index (κ2) is 10.9. The number of hydrogen-bond acceptors (Lipinski definition) is 4. The summed E-state index contributed by atoms with van der Waals surface area (Å²) in [6.07, 6.45) is 0.332. The van der Waals surface area contributed by atoms with E-state index in [1.54, 1.807) is 42.4 Å². The molecule has 0 fully saturated rings. The van der Waals surface area contributed by atoms with E-state index < -0.39 is 0 Å². The van der Waals surface area contributed by atoms with Crippen LogP contribution in [-0.4, -0.2) is 48.4 Å². The van der Waals surface area contributed by atoms with Crippen molar-refractivity contribution in [2.24, 2.45) is 0 Å². The molecule has 2 rings (SSSR count). The summed E-state index contributed by atoms with van der Waals surface area (Å²) in [7, 11) is 1.57. The van der Waals surface area contributed by atoms with Gasteiger partial charge >= 0.3 is 0 Å². The highest BCUT2D eigenvalue weighted by atomic mass is 32.1. The van der Waals surface area contributed by atoms with Gasteiger partial charge in [0.15, 0.2) is 0 Å². The number of aryl methyl sites for hydroxylation is 1. The number of carbonyl (C=O) groups excluding carboxylic acids is 2. The molecule has 0 aliphatic carbocycles. The third-order valence-electron chi connectivity index (χ3n) is 4.33. The molecule has 1 aromatic heterocycles. The zero-order valence-electron chi connectivity index (χ0n) is 16.6. The van der Waals surface area contributed by atoms with Crippen LogP contribution >= 0.6 is 11.3 Å². The van der Waals surface area contributed by atoms with Crippen LogP contribution in [0.2, 0.25) is 0 Å². The number of halogens is 1. The molecule has 0 aliphatic rings. The molecule has 152 valence electrons. The summed E-state index contributed by atoms with van der Waals surface area (Å²) in [6.45, 7) is 5.35. The first kappa shape index (κ1) is 22.0. The highest BCUT2D eigenvalue weighted by Gasteiger charge is 2.21. The van der Waals surface area contributed by atoms with Gasteiger partial charge in [0.25, 0.3) is 0 Å². The Morgan fingerprint density at radius 1 is 1.04 bits per heavy atom. The quantitative estimate of drug-likeness (QED) is 0.606. The van der Waals surface area contributed by atoms with E-state index in [2.05, 4.69) is 0 Å². The number of ether oxygens (including phenoxy) is 1. The van der Waals surface area contributed by atoms with Crippen molar-refractivity contribution in [1.82, 2.24) is 9.80 Å². The van der Waals surface area contributed by atoms with Crippen molar-refractivity contribution in [3.8, 4) is 0 Å². The molecule has 0 radical (unpaired) electrons. The fourth-order valence-corrected chi connectivity index (χ4v) is 3.69. The van der Waals surface area contributed by atoms with Crippen LogP contribution in [-0.2, 0) is 27.4 Å². The van der Waals surface area contributed by atoms with Crippen molar-refractivity contribution in [3.05, 3.63) is 57.5 Å². The lowest BCUT2D eigenvalue weighted by Gasteiger charge is -2.27. The molecule has 0 unspecified atom stereocenters. The molecule has 0 bridgehead atoms. The standard InChI is InChI=1S/C21H27FN2O3S/c1-4-20(25)23(11-12-27-3)15-21(26)24(14-19-10-5-16(2)28-19)13-17-6-8-18(22)9-7-17/h5-10H,4,11-15H2,1-3H3. The molecular formula is C21H27FN2O3S. The van der Waals surface area contributed by atoms with Gasteiger partial charge in [0, 0.05) is 36.4 Å². The number of carbonyl (C=O) groups is 2. The van der Waals surface area contributed by atoms with Crippen LogP contribution in [0.25, 0.3) is 0 Å². The smallest absolute Gasteiger partial charge is 0.242 e. The summed E-state index contributed by atoms with van der Waals surface area (Å²) in [5.41, 5.74) is 0.841. The Bertz CT molecular complexity index is 776. The maximum absolute atomic E-state index is 13.2. The van der Waals surface area contributed by atoms with Crippen molar-refractivity contribution < 1.29 is 18.7 Å². The molecule has 28 heavy (non-hydrogen) atoms. The van der Waals surface area contributed by atoms with Gasteiger partial charge in [-0.15, -0.1) is 11.3 Å². The average Bonchev–Trinajstić information content (AvgIpc) is 3.10. The fourth-order valence-electron chi connectivity index (χ4n) is 2.78. The number of thiophene rings is 1. The molecular weight excluding hydrogens is 379 g/mol. The summed E-state index contributed by atoms with van der Waals surface area (Å²) in [5.74, 6) is -0.540. The average molecular weight is 407 g/mol. The molecule has 0 saturated heterocycles. The summed E-state index contributed by atoms with van der Waals surface area (Å²) >= 11 is 1.64. The van der Waals surface area contributed by atoms with Gasteiger partial charge in [-0.2, -0.15) is 0 Å². The summed E-state index contributed by atoms with van der Waals surface area (Å²) < 4.78 is 18.3. The lowest BCUT2D eigenvalue weighted by atomic mass is 10.2. The molecule has 5 nitrogen and oxygen atoms in total. The highest BCUT2D eigenvalue weighted by molar-refractivity contribution is 7.11. The van der Waals surface area contributed by atoms with Crippen molar-refractivity contribution >= 4 is 23.2 Å². The van der Waals surface area contributed by atoms with Crippen molar-refractivity contribution in [3.63, 3.8) is 0 Å². The van der Waals surface area contributed by atoms with Gasteiger partial charge in [-0.25, -0.2) is 4.39 Å². The molecule has 0 spiro atoms. The predicted octanol–water partition coefficient (Wildman–Crippen LogP) is 3.61. The van der Waals surface area contributed by atoms with Gasteiger partial charge in [0.05, 0.1) is 19.7 Å². The zero-order valence-corrected chi connectivity index (χ0v) is 17.4. The lowest BCUT2D eigenvalue weighted by molar-refractivity contribution is -0.141. The fraction of sp³-hybridized carbons (Fsp3) is 0.429. The minimum atomic E-state index is -0.310. The van der Waals surface area contributed by atoms with E-state index in [0.29, 0.717) is 32.7 Å². The first-order valence-electron chi connectivity index (χ1n) is 9.27. The first-order valence-corrected chi connectivity index (χ1v) is 10.1. The van der Waals surface area contributed by atoms with E-state index >= 15 is 0 Å². The van der Waals surface area contributed by atoms with Crippen LogP contribution in [0.15, 0.2) is 36.4 Å². The third kappa shape index (κ3) is 6.73. The molecule has 0 atom stereocenters. The van der Waals surface area contributed by atoms with Crippen LogP contribution in [0.3, 0.4) is 0 Å². The van der Waals surface area contributed by atoms with Gasteiger partial charge in [-0.3, -0.25) is 9.59 Å². The van der Waals surface area contributed by atoms with E-state index in [-0.39, 0.29) is 24.2 Å². The monoisotopic (exact) mass is 406 g/mol. The van der Waals surface area contributed by atoms with Crippen molar-refractivity contribution in [1.29, 1.82) is 0 Å². The van der Waals surface area contributed by atoms with Crippen LogP contribution in [0.4, 0.5) is 4.39 Å². The Morgan fingerprint density at radius 2 is 1.75 bits per heavy atom. The van der Waals surface area contributed by atoms with Crippen LogP contribution in [0.1, 0.15) is 28.7 Å². The lowest BCUT2D eigenvalue weighted by Crippen LogP contribution is -2.43. The Kier molecular flexibility index (Phi) is 8.60. The summed E-state index contributed by atoms with van der Waals surface area (Å²) in [5, 5.41) is 0. The van der Waals surface area contributed by atoms with E-state index in [4.69, 9.17) is 4.74 Å². The molecule has 1 aromatic carbocycles. The Morgan fingerprint density at radius 3 is 2.32 bits per heavy atom. The number of nitrogens with zero attached hydrogens (tertiary/aromatic N) is 2. The molecule has 0 N–H and O–H groups in total. The normalized spacial score (nSPS) is 10.7. The maximum atomic E-state index is 13.2. The number of hydrogen-bond donors (Lipinski definition) is 0. The number of methoxy groups -OCH3 is 1. The molecule has 7 heteroatoms. The van der Waals surface area contributed by atoms with E-state index in [9.17, 15) is 14.0 Å². The number of benzene rings is 1. The molecule has 2 amide bonds. The van der Waals surface area contributed by atoms with Crippen LogP contribution in [0, 0.1) is 12.7 Å². The van der Waals surface area contributed by atoms with E-state index in [1.807, 2.05) is 19.1 Å². The maximum Gasteiger partial charge on any atom is 0.242 e. The number of amides is 2. The second-order valence-corrected chi connectivity index (χ2v) is 7.92. The predicted molar refractivity (Wildman–Crippen MR) is 108 cm³/mol. The summed E-state index contributed by atoms with van der Waals surface area (Å²) in [6, 6.07) is 10.2. The SMILES string of the molecule is CCC(=O)N(CCOC)CC(=O)N(Cc1ccc(F)cc1)Cc1ccc(C)s1. The minimum Gasteiger partial charge on any atom is -0.383 e. The Hall–Kier alpha value is -2.25. The van der Waals surface area contributed by atoms with Gasteiger partial charge in [-0.05, 0) is 36.8 Å². The molecule has 0 aliphatic heterocycles. The van der Waals surface area contributed by atoms with E-state index in [0.717, 1.165) is 10.4 Å². The molecule has 0 saturated carbocycles. The second-order valence-electron chi connectivity index (χ2n) is 6.55. The molecule has 2 aromatic rings. The Labute approximate surface area is 169 Å². The number of rotatable bonds is 10. The van der Waals surface area contributed by atoms with Crippen LogP contribution in [0.5, 0.6) is 0 Å². The van der Waals surface area contributed by atoms with Gasteiger partial charge in [-0.1, -0.05) is 19.1 Å². The largest absolute Gasteiger partial charge is 0.383 e. The van der Waals surface area contributed by atoms with Crippen LogP contribution < -0.4 is 0 Å². The first-order chi connectivity index (χ1) is 13.4. The van der Waals surface area contributed by atoms with Gasteiger partial charge in [0.1, 0.15) is 5.82 Å². The van der Waals surface area contributed by atoms with Crippen molar-refractivity contribution in [2.75, 3.05) is 26.8 Å². The third-order valence-corrected chi connectivity index (χ3v) is 5.31. The zero-order chi connectivity index (χ0) is 20.5. The summed E-state index contributed by atoms with van der Waals surface area (Å²) in [4.78, 5) is 30.7. The minimum absolute atomic E-state index is 0.00157. The van der Waals surface area contributed by atoms with Gasteiger partial charge < -0.3 is 14.5 Å². The van der Waals surface area contributed by atoms with E-state index in [1.165, 1.54) is 21.9 Å². The highest BCUT2D eigenvalue weighted by Crippen LogP contribution is 2.19. The van der Waals surface area contributed by atoms with Crippen molar-refractivity contribution in [2.45, 2.75) is 33.4 Å².